The Kier molecular flexibility index (Phi) is 4.47. The van der Waals surface area contributed by atoms with Gasteiger partial charge in [-0.3, -0.25) is 4.79 Å². The van der Waals surface area contributed by atoms with E-state index in [1.807, 2.05) is 31.1 Å². The third-order valence-electron chi connectivity index (χ3n) is 3.01. The van der Waals surface area contributed by atoms with Crippen LogP contribution >= 0.6 is 0 Å². The van der Waals surface area contributed by atoms with Gasteiger partial charge in [-0.15, -0.1) is 0 Å². The van der Waals surface area contributed by atoms with E-state index in [9.17, 15) is 9.18 Å². The Labute approximate surface area is 122 Å². The van der Waals surface area contributed by atoms with Crippen LogP contribution < -0.4 is 10.2 Å². The number of aryl methyl sites for hydroxylation is 1. The SMILES string of the molecule is Cc1cc(C(=O)NCc2cccnc2N(C)C)ncc1F. The van der Waals surface area contributed by atoms with E-state index < -0.39 is 5.82 Å². The molecule has 5 nitrogen and oxygen atoms in total. The number of halogens is 1. The maximum Gasteiger partial charge on any atom is 0.270 e. The van der Waals surface area contributed by atoms with Gasteiger partial charge in [-0.05, 0) is 24.6 Å². The smallest absolute Gasteiger partial charge is 0.270 e. The van der Waals surface area contributed by atoms with E-state index in [1.54, 1.807) is 13.1 Å². The molecule has 0 aliphatic heterocycles. The van der Waals surface area contributed by atoms with Crippen LogP contribution in [0.5, 0.6) is 0 Å². The average molecular weight is 288 g/mol. The molecule has 0 aliphatic carbocycles. The molecule has 1 amide bonds. The summed E-state index contributed by atoms with van der Waals surface area (Å²) in [6.45, 7) is 1.93. The van der Waals surface area contributed by atoms with Crippen molar-refractivity contribution in [2.45, 2.75) is 13.5 Å². The second kappa shape index (κ2) is 6.30. The molecule has 2 heterocycles. The number of nitrogens with one attached hydrogen (secondary N) is 1. The monoisotopic (exact) mass is 288 g/mol. The second-order valence-corrected chi connectivity index (χ2v) is 4.88. The van der Waals surface area contributed by atoms with E-state index in [-0.39, 0.29) is 11.6 Å². The van der Waals surface area contributed by atoms with Gasteiger partial charge in [0.15, 0.2) is 0 Å². The molecular weight excluding hydrogens is 271 g/mol. The lowest BCUT2D eigenvalue weighted by Crippen LogP contribution is -2.25. The molecule has 2 aromatic heterocycles. The van der Waals surface area contributed by atoms with Crippen LogP contribution in [0.3, 0.4) is 0 Å². The molecular formula is C15H17FN4O. The fourth-order valence-electron chi connectivity index (χ4n) is 1.90. The van der Waals surface area contributed by atoms with Crippen LogP contribution in [0.1, 0.15) is 21.6 Å². The number of carbonyl (C=O) groups is 1. The minimum atomic E-state index is -0.422. The first-order chi connectivity index (χ1) is 9.99. The van der Waals surface area contributed by atoms with Gasteiger partial charge in [0.25, 0.3) is 5.91 Å². The van der Waals surface area contributed by atoms with Crippen LogP contribution in [-0.2, 0) is 6.54 Å². The summed E-state index contributed by atoms with van der Waals surface area (Å²) in [4.78, 5) is 22.0. The summed E-state index contributed by atoms with van der Waals surface area (Å²) >= 11 is 0. The molecule has 0 aromatic carbocycles. The number of pyridine rings is 2. The molecule has 0 bridgehead atoms. The molecule has 0 atom stereocenters. The molecule has 1 N–H and O–H groups in total. The standard InChI is InChI=1S/C15H17FN4O/c1-10-7-13(18-9-12(10)16)15(21)19-8-11-5-4-6-17-14(11)20(2)3/h4-7,9H,8H2,1-3H3,(H,19,21). The van der Waals surface area contributed by atoms with Crippen LogP contribution in [0.4, 0.5) is 10.2 Å². The molecule has 6 heteroatoms. The summed E-state index contributed by atoms with van der Waals surface area (Å²) in [5, 5.41) is 2.77. The normalized spacial score (nSPS) is 10.3. The Morgan fingerprint density at radius 3 is 2.81 bits per heavy atom. The molecule has 110 valence electrons. The van der Waals surface area contributed by atoms with Gasteiger partial charge >= 0.3 is 0 Å². The molecule has 0 aliphatic rings. The lowest BCUT2D eigenvalue weighted by atomic mass is 10.2. The number of anilines is 1. The van der Waals surface area contributed by atoms with Gasteiger partial charge in [-0.25, -0.2) is 14.4 Å². The predicted octanol–water partition coefficient (Wildman–Crippen LogP) is 1.92. The molecule has 21 heavy (non-hydrogen) atoms. The minimum Gasteiger partial charge on any atom is -0.362 e. The average Bonchev–Trinajstić information content (AvgIpc) is 2.47. The quantitative estimate of drug-likeness (QED) is 0.934. The second-order valence-electron chi connectivity index (χ2n) is 4.88. The Morgan fingerprint density at radius 2 is 2.14 bits per heavy atom. The zero-order valence-corrected chi connectivity index (χ0v) is 12.2. The molecule has 0 saturated heterocycles. The predicted molar refractivity (Wildman–Crippen MR) is 78.7 cm³/mol. The van der Waals surface area contributed by atoms with Crippen LogP contribution in [0.25, 0.3) is 0 Å². The van der Waals surface area contributed by atoms with Crippen molar-refractivity contribution in [2.24, 2.45) is 0 Å². The molecule has 2 rings (SSSR count). The summed E-state index contributed by atoms with van der Waals surface area (Å²) in [5.74, 6) is 0.0291. The van der Waals surface area contributed by atoms with E-state index in [2.05, 4.69) is 15.3 Å². The highest BCUT2D eigenvalue weighted by molar-refractivity contribution is 5.92. The molecule has 0 fully saturated rings. The van der Waals surface area contributed by atoms with Crippen LogP contribution in [0, 0.1) is 12.7 Å². The van der Waals surface area contributed by atoms with Crippen molar-refractivity contribution in [1.82, 2.24) is 15.3 Å². The Hall–Kier alpha value is -2.50. The van der Waals surface area contributed by atoms with Gasteiger partial charge in [0.1, 0.15) is 17.3 Å². The number of hydrogen-bond acceptors (Lipinski definition) is 4. The van der Waals surface area contributed by atoms with Gasteiger partial charge in [0.2, 0.25) is 0 Å². The van der Waals surface area contributed by atoms with E-state index in [0.717, 1.165) is 17.6 Å². The highest BCUT2D eigenvalue weighted by atomic mass is 19.1. The fourth-order valence-corrected chi connectivity index (χ4v) is 1.90. The van der Waals surface area contributed by atoms with Crippen molar-refractivity contribution in [3.05, 3.63) is 53.2 Å². The zero-order chi connectivity index (χ0) is 15.4. The van der Waals surface area contributed by atoms with E-state index >= 15 is 0 Å². The van der Waals surface area contributed by atoms with Gasteiger partial charge in [-0.2, -0.15) is 0 Å². The van der Waals surface area contributed by atoms with Crippen molar-refractivity contribution in [3.8, 4) is 0 Å². The fraction of sp³-hybridized carbons (Fsp3) is 0.267. The van der Waals surface area contributed by atoms with Crippen molar-refractivity contribution in [1.29, 1.82) is 0 Å². The topological polar surface area (TPSA) is 58.1 Å². The Bertz CT molecular complexity index is 658. The van der Waals surface area contributed by atoms with Gasteiger partial charge in [0.05, 0.1) is 6.20 Å². The van der Waals surface area contributed by atoms with Crippen molar-refractivity contribution in [3.63, 3.8) is 0 Å². The van der Waals surface area contributed by atoms with Crippen molar-refractivity contribution >= 4 is 11.7 Å². The number of rotatable bonds is 4. The van der Waals surface area contributed by atoms with Crippen LogP contribution in [0.15, 0.2) is 30.6 Å². The molecule has 0 spiro atoms. The first-order valence-electron chi connectivity index (χ1n) is 6.50. The van der Waals surface area contributed by atoms with E-state index in [1.165, 1.54) is 6.07 Å². The first kappa shape index (κ1) is 14.9. The maximum atomic E-state index is 13.1. The third-order valence-corrected chi connectivity index (χ3v) is 3.01. The van der Waals surface area contributed by atoms with Crippen LogP contribution in [-0.4, -0.2) is 30.0 Å². The lowest BCUT2D eigenvalue weighted by Gasteiger charge is -2.16. The van der Waals surface area contributed by atoms with Crippen molar-refractivity contribution in [2.75, 3.05) is 19.0 Å². The molecule has 0 unspecified atom stereocenters. The lowest BCUT2D eigenvalue weighted by molar-refractivity contribution is 0.0945. The van der Waals surface area contributed by atoms with E-state index in [4.69, 9.17) is 0 Å². The third kappa shape index (κ3) is 3.53. The van der Waals surface area contributed by atoms with Gasteiger partial charge in [0, 0.05) is 32.4 Å². The summed E-state index contributed by atoms with van der Waals surface area (Å²) in [6.07, 6.45) is 2.76. The highest BCUT2D eigenvalue weighted by Crippen LogP contribution is 2.14. The summed E-state index contributed by atoms with van der Waals surface area (Å²) < 4.78 is 13.1. The van der Waals surface area contributed by atoms with Gasteiger partial charge < -0.3 is 10.2 Å². The number of hydrogen-bond donors (Lipinski definition) is 1. The largest absolute Gasteiger partial charge is 0.362 e. The summed E-state index contributed by atoms with van der Waals surface area (Å²) in [6, 6.07) is 5.14. The number of aromatic nitrogens is 2. The Balaban J connectivity index is 2.09. The molecule has 0 saturated carbocycles. The number of amides is 1. The van der Waals surface area contributed by atoms with Gasteiger partial charge in [-0.1, -0.05) is 6.07 Å². The van der Waals surface area contributed by atoms with E-state index in [0.29, 0.717) is 12.1 Å². The van der Waals surface area contributed by atoms with Crippen LogP contribution in [0.2, 0.25) is 0 Å². The molecule has 2 aromatic rings. The number of carbonyl (C=O) groups excluding carboxylic acids is 1. The first-order valence-corrected chi connectivity index (χ1v) is 6.50. The maximum absolute atomic E-state index is 13.1. The highest BCUT2D eigenvalue weighted by Gasteiger charge is 2.11. The summed E-state index contributed by atoms with van der Waals surface area (Å²) in [5.41, 5.74) is 1.49. The number of nitrogens with zero attached hydrogens (tertiary/aromatic N) is 3. The Morgan fingerprint density at radius 1 is 1.38 bits per heavy atom. The minimum absolute atomic E-state index is 0.198. The summed E-state index contributed by atoms with van der Waals surface area (Å²) in [7, 11) is 3.77. The molecule has 0 radical (unpaired) electrons. The van der Waals surface area contributed by atoms with Crippen molar-refractivity contribution < 1.29 is 9.18 Å². The zero-order valence-electron chi connectivity index (χ0n) is 12.2.